The minimum absolute atomic E-state index is 0.259. The highest BCUT2D eigenvalue weighted by molar-refractivity contribution is 5.28. The van der Waals surface area contributed by atoms with Gasteiger partial charge in [-0.15, -0.1) is 0 Å². The highest BCUT2D eigenvalue weighted by atomic mass is 19.1. The van der Waals surface area contributed by atoms with Crippen LogP contribution in [0, 0.1) is 17.5 Å². The molecule has 5 heteroatoms. The van der Waals surface area contributed by atoms with E-state index >= 15 is 0 Å². The third-order valence-corrected chi connectivity index (χ3v) is 5.06. The Morgan fingerprint density at radius 1 is 1.04 bits per heavy atom. The van der Waals surface area contributed by atoms with Crippen LogP contribution in [0.3, 0.4) is 0 Å². The van der Waals surface area contributed by atoms with Crippen LogP contribution in [0.2, 0.25) is 0 Å². The van der Waals surface area contributed by atoms with Crippen LogP contribution in [0.15, 0.2) is 42.5 Å². The van der Waals surface area contributed by atoms with Gasteiger partial charge in [-0.25, -0.2) is 13.2 Å². The number of benzene rings is 2. The van der Waals surface area contributed by atoms with E-state index in [0.29, 0.717) is 25.3 Å². The maximum Gasteiger partial charge on any atom is 0.130 e. The van der Waals surface area contributed by atoms with E-state index in [1.165, 1.54) is 18.2 Å². The maximum absolute atomic E-state index is 14.0. The van der Waals surface area contributed by atoms with Crippen molar-refractivity contribution in [2.24, 2.45) is 0 Å². The van der Waals surface area contributed by atoms with Crippen molar-refractivity contribution in [3.8, 4) is 0 Å². The molecule has 2 nitrogen and oxygen atoms in total. The fourth-order valence-corrected chi connectivity index (χ4v) is 3.46. The number of rotatable bonds is 5. The number of nitrogens with one attached hydrogen (secondary N) is 1. The van der Waals surface area contributed by atoms with Gasteiger partial charge in [0.05, 0.1) is 0 Å². The lowest BCUT2D eigenvalue weighted by Crippen LogP contribution is -2.43. The third kappa shape index (κ3) is 4.05. The molecule has 0 bridgehead atoms. The molecule has 2 aromatic carbocycles. The normalized spacial score (nSPS) is 18.1. The predicted octanol–water partition coefficient (Wildman–Crippen LogP) is 4.50. The van der Waals surface area contributed by atoms with Crippen molar-refractivity contribution in [1.82, 2.24) is 5.32 Å². The summed E-state index contributed by atoms with van der Waals surface area (Å²) in [5, 5.41) is 3.35. The van der Waals surface area contributed by atoms with Crippen LogP contribution < -0.4 is 5.32 Å². The molecule has 0 radical (unpaired) electrons. The van der Waals surface area contributed by atoms with E-state index in [0.717, 1.165) is 24.5 Å². The van der Waals surface area contributed by atoms with E-state index in [4.69, 9.17) is 4.74 Å². The van der Waals surface area contributed by atoms with E-state index in [9.17, 15) is 13.2 Å². The summed E-state index contributed by atoms with van der Waals surface area (Å²) in [7, 11) is 0. The molecule has 0 aromatic heterocycles. The van der Waals surface area contributed by atoms with E-state index in [-0.39, 0.29) is 17.3 Å². The van der Waals surface area contributed by atoms with Gasteiger partial charge in [0.25, 0.3) is 0 Å². The highest BCUT2D eigenvalue weighted by Crippen LogP contribution is 2.35. The van der Waals surface area contributed by atoms with Crippen molar-refractivity contribution in [2.75, 3.05) is 19.8 Å². The first-order valence-electron chi connectivity index (χ1n) is 8.52. The molecule has 1 atom stereocenters. The lowest BCUT2D eigenvalue weighted by Gasteiger charge is -2.39. The minimum Gasteiger partial charge on any atom is -0.381 e. The Kier molecular flexibility index (Phi) is 5.45. The van der Waals surface area contributed by atoms with E-state index in [1.54, 1.807) is 12.1 Å². The van der Waals surface area contributed by atoms with Gasteiger partial charge in [-0.05, 0) is 43.5 Å². The van der Waals surface area contributed by atoms with Crippen molar-refractivity contribution >= 4 is 0 Å². The molecule has 0 spiro atoms. The first-order chi connectivity index (χ1) is 12.0. The molecule has 25 heavy (non-hydrogen) atoms. The van der Waals surface area contributed by atoms with Gasteiger partial charge in [0.1, 0.15) is 17.5 Å². The van der Waals surface area contributed by atoms with Crippen molar-refractivity contribution in [3.05, 3.63) is 71.0 Å². The highest BCUT2D eigenvalue weighted by Gasteiger charge is 2.35. The molecule has 0 saturated carbocycles. The zero-order valence-electron chi connectivity index (χ0n) is 14.2. The SMILES string of the molecule is CC(NCC1(c2cccc(F)c2)CCOCC1)c1ccc(F)cc1F. The predicted molar refractivity (Wildman–Crippen MR) is 90.9 cm³/mol. The zero-order chi connectivity index (χ0) is 17.9. The van der Waals surface area contributed by atoms with Gasteiger partial charge in [-0.3, -0.25) is 0 Å². The lowest BCUT2D eigenvalue weighted by molar-refractivity contribution is 0.0489. The van der Waals surface area contributed by atoms with Gasteiger partial charge in [0, 0.05) is 42.8 Å². The molecule has 1 N–H and O–H groups in total. The van der Waals surface area contributed by atoms with Gasteiger partial charge in [0.2, 0.25) is 0 Å². The average molecular weight is 349 g/mol. The summed E-state index contributed by atoms with van der Waals surface area (Å²) in [5.74, 6) is -1.41. The summed E-state index contributed by atoms with van der Waals surface area (Å²) in [5.41, 5.74) is 1.09. The topological polar surface area (TPSA) is 21.3 Å². The average Bonchev–Trinajstić information content (AvgIpc) is 2.60. The molecule has 1 aliphatic heterocycles. The standard InChI is InChI=1S/C20H22F3NO/c1-14(18-6-5-17(22)12-19(18)23)24-13-20(7-9-25-10-8-20)15-3-2-4-16(21)11-15/h2-6,11-12,14,24H,7-10,13H2,1H3. The molecule has 3 rings (SSSR count). The van der Waals surface area contributed by atoms with E-state index < -0.39 is 11.6 Å². The Bertz CT molecular complexity index is 729. The fraction of sp³-hybridized carbons (Fsp3) is 0.400. The van der Waals surface area contributed by atoms with Crippen LogP contribution in [0.1, 0.15) is 36.9 Å². The van der Waals surface area contributed by atoms with E-state index in [1.807, 2.05) is 13.0 Å². The summed E-state index contributed by atoms with van der Waals surface area (Å²) in [6.07, 6.45) is 1.53. The first-order valence-corrected chi connectivity index (χ1v) is 8.52. The number of hydrogen-bond acceptors (Lipinski definition) is 2. The maximum atomic E-state index is 14.0. The summed E-state index contributed by atoms with van der Waals surface area (Å²) in [4.78, 5) is 0. The van der Waals surface area contributed by atoms with Crippen LogP contribution in [0.25, 0.3) is 0 Å². The largest absolute Gasteiger partial charge is 0.381 e. The molecule has 2 aromatic rings. The second-order valence-corrected chi connectivity index (χ2v) is 6.67. The van der Waals surface area contributed by atoms with Crippen molar-refractivity contribution in [2.45, 2.75) is 31.2 Å². The smallest absolute Gasteiger partial charge is 0.130 e. The second-order valence-electron chi connectivity index (χ2n) is 6.67. The molecule has 0 amide bonds. The molecule has 134 valence electrons. The minimum atomic E-state index is -0.589. The van der Waals surface area contributed by atoms with Crippen LogP contribution in [0.4, 0.5) is 13.2 Å². The molecule has 1 saturated heterocycles. The molecule has 1 aliphatic rings. The van der Waals surface area contributed by atoms with Crippen molar-refractivity contribution < 1.29 is 17.9 Å². The monoisotopic (exact) mass is 349 g/mol. The first kappa shape index (κ1) is 18.0. The van der Waals surface area contributed by atoms with Gasteiger partial charge < -0.3 is 10.1 Å². The van der Waals surface area contributed by atoms with Crippen LogP contribution in [-0.2, 0) is 10.2 Å². The van der Waals surface area contributed by atoms with Gasteiger partial charge in [0.15, 0.2) is 0 Å². The number of halogens is 3. The van der Waals surface area contributed by atoms with Gasteiger partial charge >= 0.3 is 0 Å². The van der Waals surface area contributed by atoms with E-state index in [2.05, 4.69) is 5.32 Å². The van der Waals surface area contributed by atoms with Crippen molar-refractivity contribution in [3.63, 3.8) is 0 Å². The Labute approximate surface area is 146 Å². The fourth-order valence-electron chi connectivity index (χ4n) is 3.46. The number of hydrogen-bond donors (Lipinski definition) is 1. The van der Waals surface area contributed by atoms with Crippen molar-refractivity contribution in [1.29, 1.82) is 0 Å². The molecule has 1 heterocycles. The lowest BCUT2D eigenvalue weighted by atomic mass is 9.74. The van der Waals surface area contributed by atoms with Gasteiger partial charge in [-0.2, -0.15) is 0 Å². The zero-order valence-corrected chi connectivity index (χ0v) is 14.2. The molecular weight excluding hydrogens is 327 g/mol. The van der Waals surface area contributed by atoms with Gasteiger partial charge in [-0.1, -0.05) is 18.2 Å². The Balaban J connectivity index is 1.79. The van der Waals surface area contributed by atoms with Crippen LogP contribution in [0.5, 0.6) is 0 Å². The summed E-state index contributed by atoms with van der Waals surface area (Å²) >= 11 is 0. The molecule has 1 unspecified atom stereocenters. The summed E-state index contributed by atoms with van der Waals surface area (Å²) in [6.45, 7) is 3.63. The quantitative estimate of drug-likeness (QED) is 0.858. The molecule has 0 aliphatic carbocycles. The van der Waals surface area contributed by atoms with Crippen LogP contribution in [-0.4, -0.2) is 19.8 Å². The Hall–Kier alpha value is -1.85. The Morgan fingerprint density at radius 3 is 2.44 bits per heavy atom. The summed E-state index contributed by atoms with van der Waals surface area (Å²) < 4.78 is 46.3. The Morgan fingerprint density at radius 2 is 1.76 bits per heavy atom. The second kappa shape index (κ2) is 7.58. The molecule has 1 fully saturated rings. The molecular formula is C20H22F3NO. The number of ether oxygens (including phenoxy) is 1. The third-order valence-electron chi connectivity index (χ3n) is 5.06. The van der Waals surface area contributed by atoms with Crippen LogP contribution >= 0.6 is 0 Å². The summed E-state index contributed by atoms with van der Waals surface area (Å²) in [6, 6.07) is 9.97.